The zero-order valence-electron chi connectivity index (χ0n) is 6.53. The molecule has 4 heteroatoms. The van der Waals surface area contributed by atoms with Gasteiger partial charge in [-0.25, -0.2) is 0 Å². The molecular formula is C7H13NO3. The fraction of sp³-hybridized carbons (Fsp3) is 0.857. The number of likely N-dealkylation sites (tertiary alicyclic amines) is 1. The third-order valence-corrected chi connectivity index (χ3v) is 2.15. The number of hydrogen-bond donors (Lipinski definition) is 2. The van der Waals surface area contributed by atoms with Crippen molar-refractivity contribution in [2.75, 3.05) is 19.7 Å². The van der Waals surface area contributed by atoms with E-state index in [9.17, 15) is 4.79 Å². The van der Waals surface area contributed by atoms with Crippen molar-refractivity contribution in [3.63, 3.8) is 0 Å². The van der Waals surface area contributed by atoms with E-state index in [1.54, 1.807) is 6.92 Å². The van der Waals surface area contributed by atoms with Gasteiger partial charge in [0.15, 0.2) is 0 Å². The van der Waals surface area contributed by atoms with Gasteiger partial charge in [0.2, 0.25) is 0 Å². The van der Waals surface area contributed by atoms with Gasteiger partial charge in [0.25, 0.3) is 0 Å². The number of aliphatic hydroxyl groups excluding tert-OH is 1. The topological polar surface area (TPSA) is 60.8 Å². The van der Waals surface area contributed by atoms with Crippen molar-refractivity contribution in [2.24, 2.45) is 5.92 Å². The highest BCUT2D eigenvalue weighted by molar-refractivity contribution is 5.73. The zero-order valence-corrected chi connectivity index (χ0v) is 6.53. The molecule has 0 amide bonds. The van der Waals surface area contributed by atoms with E-state index in [0.29, 0.717) is 13.1 Å². The summed E-state index contributed by atoms with van der Waals surface area (Å²) in [7, 11) is 0. The average molecular weight is 159 g/mol. The number of nitrogens with zero attached hydrogens (tertiary/aromatic N) is 1. The Balaban J connectivity index is 2.26. The van der Waals surface area contributed by atoms with Crippen LogP contribution in [0, 0.1) is 5.92 Å². The van der Waals surface area contributed by atoms with Crippen LogP contribution < -0.4 is 0 Å². The normalized spacial score (nSPS) is 22.7. The first-order chi connectivity index (χ1) is 5.15. The highest BCUT2D eigenvalue weighted by atomic mass is 16.4. The number of hydrogen-bond acceptors (Lipinski definition) is 3. The van der Waals surface area contributed by atoms with Gasteiger partial charge in [-0.05, 0) is 6.92 Å². The largest absolute Gasteiger partial charge is 0.480 e. The molecule has 2 N–H and O–H groups in total. The highest BCUT2D eigenvalue weighted by Crippen LogP contribution is 2.17. The third-order valence-electron chi connectivity index (χ3n) is 2.15. The first-order valence-corrected chi connectivity index (χ1v) is 3.73. The monoisotopic (exact) mass is 159 g/mol. The molecule has 0 aliphatic carbocycles. The van der Waals surface area contributed by atoms with Crippen molar-refractivity contribution in [2.45, 2.75) is 13.0 Å². The lowest BCUT2D eigenvalue weighted by Crippen LogP contribution is -2.54. The summed E-state index contributed by atoms with van der Waals surface area (Å²) in [6.07, 6.45) is 0. The standard InChI is InChI=1S/C7H13NO3/c1-5(7(10)11)8-2-6(3-8)4-9/h5-6,9H,2-4H2,1H3,(H,10,11)/t5-/m1/s1. The maximum absolute atomic E-state index is 10.4. The third kappa shape index (κ3) is 1.70. The summed E-state index contributed by atoms with van der Waals surface area (Å²) in [6.45, 7) is 3.26. The Morgan fingerprint density at radius 2 is 2.27 bits per heavy atom. The van der Waals surface area contributed by atoms with Crippen LogP contribution >= 0.6 is 0 Å². The molecule has 0 spiro atoms. The Hall–Kier alpha value is -0.610. The van der Waals surface area contributed by atoms with Crippen LogP contribution in [0.2, 0.25) is 0 Å². The van der Waals surface area contributed by atoms with E-state index in [0.717, 1.165) is 0 Å². The molecule has 1 rings (SSSR count). The molecule has 0 saturated carbocycles. The van der Waals surface area contributed by atoms with Crippen molar-refractivity contribution < 1.29 is 15.0 Å². The number of carboxylic acids is 1. The Morgan fingerprint density at radius 1 is 1.73 bits per heavy atom. The number of rotatable bonds is 3. The van der Waals surface area contributed by atoms with E-state index < -0.39 is 12.0 Å². The molecule has 0 bridgehead atoms. The van der Waals surface area contributed by atoms with Crippen LogP contribution in [-0.4, -0.2) is 46.8 Å². The summed E-state index contributed by atoms with van der Waals surface area (Å²) in [6, 6.07) is -0.405. The van der Waals surface area contributed by atoms with Crippen molar-refractivity contribution in [1.29, 1.82) is 0 Å². The maximum Gasteiger partial charge on any atom is 0.320 e. The van der Waals surface area contributed by atoms with Gasteiger partial charge >= 0.3 is 5.97 Å². The van der Waals surface area contributed by atoms with Crippen molar-refractivity contribution in [3.05, 3.63) is 0 Å². The minimum absolute atomic E-state index is 0.169. The molecule has 0 aromatic carbocycles. The van der Waals surface area contributed by atoms with Gasteiger partial charge in [-0.2, -0.15) is 0 Å². The summed E-state index contributed by atoms with van der Waals surface area (Å²) in [4.78, 5) is 12.3. The predicted molar refractivity (Wildman–Crippen MR) is 39.2 cm³/mol. The number of aliphatic hydroxyl groups is 1. The lowest BCUT2D eigenvalue weighted by Gasteiger charge is -2.40. The van der Waals surface area contributed by atoms with Gasteiger partial charge in [-0.15, -0.1) is 0 Å². The summed E-state index contributed by atoms with van der Waals surface area (Å²) in [5, 5.41) is 17.2. The van der Waals surface area contributed by atoms with E-state index in [1.807, 2.05) is 4.90 Å². The second-order valence-corrected chi connectivity index (χ2v) is 3.02. The minimum atomic E-state index is -0.790. The number of carbonyl (C=O) groups is 1. The lowest BCUT2D eigenvalue weighted by molar-refractivity contribution is -0.145. The highest BCUT2D eigenvalue weighted by Gasteiger charge is 2.32. The van der Waals surface area contributed by atoms with Crippen LogP contribution in [-0.2, 0) is 4.79 Å². The van der Waals surface area contributed by atoms with Crippen molar-refractivity contribution in [1.82, 2.24) is 4.90 Å². The maximum atomic E-state index is 10.4. The molecule has 1 aliphatic heterocycles. The van der Waals surface area contributed by atoms with E-state index in [-0.39, 0.29) is 12.5 Å². The fourth-order valence-corrected chi connectivity index (χ4v) is 1.20. The van der Waals surface area contributed by atoms with E-state index in [4.69, 9.17) is 10.2 Å². The zero-order chi connectivity index (χ0) is 8.43. The molecule has 1 aliphatic rings. The Labute approximate surface area is 65.4 Å². The number of carboxylic acid groups (broad SMARTS) is 1. The van der Waals surface area contributed by atoms with E-state index >= 15 is 0 Å². The van der Waals surface area contributed by atoms with Crippen LogP contribution in [0.5, 0.6) is 0 Å². The molecule has 0 aromatic rings. The Bertz CT molecular complexity index is 154. The van der Waals surface area contributed by atoms with E-state index in [1.165, 1.54) is 0 Å². The summed E-state index contributed by atoms with van der Waals surface area (Å²) < 4.78 is 0. The van der Waals surface area contributed by atoms with Crippen molar-refractivity contribution >= 4 is 5.97 Å². The summed E-state index contributed by atoms with van der Waals surface area (Å²) in [5.74, 6) is -0.502. The fourth-order valence-electron chi connectivity index (χ4n) is 1.20. The molecule has 1 fully saturated rings. The van der Waals surface area contributed by atoms with Gasteiger partial charge in [0, 0.05) is 25.6 Å². The van der Waals surface area contributed by atoms with Gasteiger partial charge in [-0.1, -0.05) is 0 Å². The Kier molecular flexibility index (Phi) is 2.46. The first kappa shape index (κ1) is 8.49. The van der Waals surface area contributed by atoms with Crippen LogP contribution in [0.4, 0.5) is 0 Å². The molecule has 11 heavy (non-hydrogen) atoms. The van der Waals surface area contributed by atoms with Crippen LogP contribution in [0.3, 0.4) is 0 Å². The molecule has 1 saturated heterocycles. The Morgan fingerprint density at radius 3 is 2.64 bits per heavy atom. The van der Waals surface area contributed by atoms with Crippen molar-refractivity contribution in [3.8, 4) is 0 Å². The average Bonchev–Trinajstić information content (AvgIpc) is 1.85. The van der Waals surface area contributed by atoms with Crippen LogP contribution in [0.1, 0.15) is 6.92 Å². The quantitative estimate of drug-likeness (QED) is 0.576. The minimum Gasteiger partial charge on any atom is -0.480 e. The molecule has 64 valence electrons. The predicted octanol–water partition coefficient (Wildman–Crippen LogP) is -0.616. The summed E-state index contributed by atoms with van der Waals surface area (Å²) >= 11 is 0. The molecule has 4 nitrogen and oxygen atoms in total. The van der Waals surface area contributed by atoms with Gasteiger partial charge in [0.05, 0.1) is 0 Å². The number of aliphatic carboxylic acids is 1. The second-order valence-electron chi connectivity index (χ2n) is 3.02. The molecule has 1 heterocycles. The molecule has 0 radical (unpaired) electrons. The SMILES string of the molecule is C[C@H](C(=O)O)N1CC(CO)C1. The molecule has 1 atom stereocenters. The van der Waals surface area contributed by atoms with Gasteiger partial charge < -0.3 is 10.2 Å². The summed E-state index contributed by atoms with van der Waals surface area (Å²) in [5.41, 5.74) is 0. The molecular weight excluding hydrogens is 146 g/mol. The van der Waals surface area contributed by atoms with Crippen LogP contribution in [0.15, 0.2) is 0 Å². The lowest BCUT2D eigenvalue weighted by atomic mass is 9.99. The van der Waals surface area contributed by atoms with Crippen LogP contribution in [0.25, 0.3) is 0 Å². The van der Waals surface area contributed by atoms with Gasteiger partial charge in [0.1, 0.15) is 6.04 Å². The first-order valence-electron chi connectivity index (χ1n) is 3.73. The van der Waals surface area contributed by atoms with Gasteiger partial charge in [-0.3, -0.25) is 9.69 Å². The van der Waals surface area contributed by atoms with E-state index in [2.05, 4.69) is 0 Å². The molecule has 0 unspecified atom stereocenters. The molecule has 0 aromatic heterocycles. The second kappa shape index (κ2) is 3.19. The smallest absolute Gasteiger partial charge is 0.320 e.